The van der Waals surface area contributed by atoms with Gasteiger partial charge in [0.25, 0.3) is 0 Å². The topological polar surface area (TPSA) is 49.3 Å². The Hall–Kier alpha value is -1.68. The lowest BCUT2D eigenvalue weighted by atomic mass is 9.95. The Morgan fingerprint density at radius 3 is 2.72 bits per heavy atom. The van der Waals surface area contributed by atoms with Gasteiger partial charge in [0.2, 0.25) is 5.91 Å². The summed E-state index contributed by atoms with van der Waals surface area (Å²) in [6, 6.07) is 6.23. The Bertz CT molecular complexity index is 441. The van der Waals surface area contributed by atoms with E-state index in [2.05, 4.69) is 5.32 Å². The van der Waals surface area contributed by atoms with Crippen molar-refractivity contribution in [3.63, 3.8) is 0 Å². The number of amides is 1. The van der Waals surface area contributed by atoms with Crippen LogP contribution in [0.25, 0.3) is 6.08 Å². The van der Waals surface area contributed by atoms with Crippen LogP contribution in [0.15, 0.2) is 30.3 Å². The highest BCUT2D eigenvalue weighted by Gasteiger charge is 2.16. The van der Waals surface area contributed by atoms with Gasteiger partial charge in [-0.25, -0.2) is 4.39 Å². The molecule has 98 valence electrons. The molecule has 0 heterocycles. The monoisotopic (exact) mass is 251 g/mol. The number of aliphatic hydroxyl groups is 1. The lowest BCUT2D eigenvalue weighted by Crippen LogP contribution is -2.35. The summed E-state index contributed by atoms with van der Waals surface area (Å²) in [6.07, 6.45) is 2.71. The van der Waals surface area contributed by atoms with E-state index in [9.17, 15) is 9.18 Å². The number of halogens is 1. The van der Waals surface area contributed by atoms with Crippen LogP contribution in [0.1, 0.15) is 19.4 Å². The van der Waals surface area contributed by atoms with E-state index >= 15 is 0 Å². The predicted octanol–water partition coefficient (Wildman–Crippen LogP) is 1.97. The standard InChI is InChI=1S/C14H18FNO2/c1-14(2,10-17)9-16-13(18)8-7-11-5-3-4-6-12(11)15/h3-8,17H,9-10H2,1-2H3,(H,16,18)/b8-7+. The first-order chi connectivity index (χ1) is 8.44. The molecule has 0 saturated heterocycles. The summed E-state index contributed by atoms with van der Waals surface area (Å²) >= 11 is 0. The van der Waals surface area contributed by atoms with Gasteiger partial charge in [-0.2, -0.15) is 0 Å². The summed E-state index contributed by atoms with van der Waals surface area (Å²) in [5.74, 6) is -0.669. The molecule has 18 heavy (non-hydrogen) atoms. The number of hydrogen-bond donors (Lipinski definition) is 2. The number of nitrogens with one attached hydrogen (secondary N) is 1. The molecule has 2 N–H and O–H groups in total. The summed E-state index contributed by atoms with van der Waals surface area (Å²) in [6.45, 7) is 4.04. The maximum Gasteiger partial charge on any atom is 0.244 e. The zero-order valence-corrected chi connectivity index (χ0v) is 10.6. The second-order valence-electron chi connectivity index (χ2n) is 4.89. The molecule has 1 aromatic rings. The van der Waals surface area contributed by atoms with Gasteiger partial charge in [0.1, 0.15) is 5.82 Å². The first-order valence-electron chi connectivity index (χ1n) is 5.76. The van der Waals surface area contributed by atoms with Gasteiger partial charge in [-0.3, -0.25) is 4.79 Å². The van der Waals surface area contributed by atoms with E-state index in [4.69, 9.17) is 5.11 Å². The zero-order valence-electron chi connectivity index (χ0n) is 10.6. The second-order valence-corrected chi connectivity index (χ2v) is 4.89. The van der Waals surface area contributed by atoms with Gasteiger partial charge in [-0.05, 0) is 12.1 Å². The van der Waals surface area contributed by atoms with Crippen molar-refractivity contribution in [2.75, 3.05) is 13.2 Å². The Kier molecular flexibility index (Phi) is 5.04. The smallest absolute Gasteiger partial charge is 0.244 e. The minimum Gasteiger partial charge on any atom is -0.396 e. The van der Waals surface area contributed by atoms with Gasteiger partial charge in [-0.1, -0.05) is 32.0 Å². The van der Waals surface area contributed by atoms with Gasteiger partial charge >= 0.3 is 0 Å². The van der Waals surface area contributed by atoms with Gasteiger partial charge in [0.15, 0.2) is 0 Å². The largest absolute Gasteiger partial charge is 0.396 e. The van der Waals surface area contributed by atoms with Gasteiger partial charge in [-0.15, -0.1) is 0 Å². The van der Waals surface area contributed by atoms with Crippen molar-refractivity contribution in [1.29, 1.82) is 0 Å². The van der Waals surface area contributed by atoms with E-state index in [1.54, 1.807) is 18.2 Å². The molecule has 0 aliphatic rings. The average Bonchev–Trinajstić information content (AvgIpc) is 2.35. The van der Waals surface area contributed by atoms with Gasteiger partial charge in [0, 0.05) is 30.2 Å². The molecule has 1 aromatic carbocycles. The maximum atomic E-state index is 13.3. The zero-order chi connectivity index (χ0) is 13.6. The highest BCUT2D eigenvalue weighted by molar-refractivity contribution is 5.91. The minimum absolute atomic E-state index is 0.00962. The first kappa shape index (κ1) is 14.4. The van der Waals surface area contributed by atoms with Gasteiger partial charge < -0.3 is 10.4 Å². The molecule has 0 atom stereocenters. The Morgan fingerprint density at radius 2 is 2.11 bits per heavy atom. The van der Waals surface area contributed by atoms with Crippen LogP contribution >= 0.6 is 0 Å². The third-order valence-electron chi connectivity index (χ3n) is 2.49. The van der Waals surface area contributed by atoms with Crippen LogP contribution in [0.5, 0.6) is 0 Å². The molecule has 0 unspecified atom stereocenters. The average molecular weight is 251 g/mol. The summed E-state index contributed by atoms with van der Waals surface area (Å²) in [5, 5.41) is 11.7. The summed E-state index contributed by atoms with van der Waals surface area (Å²) in [7, 11) is 0. The number of benzene rings is 1. The molecule has 0 saturated carbocycles. The summed E-state index contributed by atoms with van der Waals surface area (Å²) < 4.78 is 13.3. The fourth-order valence-electron chi connectivity index (χ4n) is 1.22. The van der Waals surface area contributed by atoms with Crippen molar-refractivity contribution in [2.24, 2.45) is 5.41 Å². The van der Waals surface area contributed by atoms with Crippen LogP contribution in [-0.4, -0.2) is 24.2 Å². The Labute approximate surface area is 106 Å². The highest BCUT2D eigenvalue weighted by atomic mass is 19.1. The van der Waals surface area contributed by atoms with Crippen molar-refractivity contribution in [3.8, 4) is 0 Å². The second kappa shape index (κ2) is 6.31. The SMILES string of the molecule is CC(C)(CO)CNC(=O)/C=C/c1ccccc1F. The number of rotatable bonds is 5. The molecule has 0 radical (unpaired) electrons. The third kappa shape index (κ3) is 4.67. The molecule has 0 spiro atoms. The lowest BCUT2D eigenvalue weighted by Gasteiger charge is -2.21. The molecule has 0 aromatic heterocycles. The van der Waals surface area contributed by atoms with Crippen molar-refractivity contribution in [1.82, 2.24) is 5.32 Å². The summed E-state index contributed by atoms with van der Waals surface area (Å²) in [5.41, 5.74) is 0.00988. The minimum atomic E-state index is -0.364. The number of hydrogen-bond acceptors (Lipinski definition) is 2. The molecule has 1 rings (SSSR count). The van der Waals surface area contributed by atoms with E-state index in [0.717, 1.165) is 0 Å². The molecular weight excluding hydrogens is 233 g/mol. The van der Waals surface area contributed by atoms with Crippen molar-refractivity contribution in [2.45, 2.75) is 13.8 Å². The Balaban J connectivity index is 2.53. The normalized spacial score (nSPS) is 11.8. The van der Waals surface area contributed by atoms with Crippen LogP contribution < -0.4 is 5.32 Å². The highest BCUT2D eigenvalue weighted by Crippen LogP contribution is 2.11. The van der Waals surface area contributed by atoms with E-state index < -0.39 is 0 Å². The van der Waals surface area contributed by atoms with E-state index in [0.29, 0.717) is 12.1 Å². The quantitative estimate of drug-likeness (QED) is 0.786. The molecule has 4 heteroatoms. The molecule has 0 bridgehead atoms. The lowest BCUT2D eigenvalue weighted by molar-refractivity contribution is -0.116. The fraction of sp³-hybridized carbons (Fsp3) is 0.357. The van der Waals surface area contributed by atoms with Crippen LogP contribution in [-0.2, 0) is 4.79 Å². The number of carbonyl (C=O) groups excluding carboxylic acids is 1. The van der Waals surface area contributed by atoms with Crippen LogP contribution in [0.2, 0.25) is 0 Å². The molecule has 0 aliphatic carbocycles. The predicted molar refractivity (Wildman–Crippen MR) is 69.3 cm³/mol. The number of carbonyl (C=O) groups is 1. The summed E-state index contributed by atoms with van der Waals surface area (Å²) in [4.78, 5) is 11.5. The molecule has 0 aliphatic heterocycles. The fourth-order valence-corrected chi connectivity index (χ4v) is 1.22. The Morgan fingerprint density at radius 1 is 1.44 bits per heavy atom. The first-order valence-corrected chi connectivity index (χ1v) is 5.76. The maximum absolute atomic E-state index is 13.3. The van der Waals surface area contributed by atoms with E-state index in [1.165, 1.54) is 18.2 Å². The molecular formula is C14H18FNO2. The third-order valence-corrected chi connectivity index (χ3v) is 2.49. The van der Waals surface area contributed by atoms with Crippen LogP contribution in [0.3, 0.4) is 0 Å². The van der Waals surface area contributed by atoms with Crippen molar-refractivity contribution >= 4 is 12.0 Å². The molecule has 3 nitrogen and oxygen atoms in total. The molecule has 1 amide bonds. The van der Waals surface area contributed by atoms with Crippen molar-refractivity contribution < 1.29 is 14.3 Å². The number of aliphatic hydroxyl groups excluding tert-OH is 1. The van der Waals surface area contributed by atoms with E-state index in [1.807, 2.05) is 13.8 Å². The van der Waals surface area contributed by atoms with Crippen molar-refractivity contribution in [3.05, 3.63) is 41.7 Å². The van der Waals surface area contributed by atoms with Crippen LogP contribution in [0.4, 0.5) is 4.39 Å². The van der Waals surface area contributed by atoms with Crippen LogP contribution in [0, 0.1) is 11.2 Å². The van der Waals surface area contributed by atoms with Gasteiger partial charge in [0.05, 0.1) is 0 Å². The van der Waals surface area contributed by atoms with E-state index in [-0.39, 0.29) is 23.7 Å². The molecule has 0 fully saturated rings.